The van der Waals surface area contributed by atoms with E-state index in [1.54, 1.807) is 24.3 Å². The van der Waals surface area contributed by atoms with Crippen LogP contribution in [0.3, 0.4) is 0 Å². The van der Waals surface area contributed by atoms with E-state index in [4.69, 9.17) is 4.74 Å². The molecule has 0 unspecified atom stereocenters. The van der Waals surface area contributed by atoms with Crippen LogP contribution in [-0.4, -0.2) is 56.1 Å². The van der Waals surface area contributed by atoms with Crippen molar-refractivity contribution in [1.82, 2.24) is 0 Å². The second-order valence-electron chi connectivity index (χ2n) is 6.20. The van der Waals surface area contributed by atoms with Crippen LogP contribution in [0.5, 0.6) is 0 Å². The van der Waals surface area contributed by atoms with Crippen LogP contribution in [-0.2, 0) is 35.1 Å². The van der Waals surface area contributed by atoms with Crippen molar-refractivity contribution in [1.29, 1.82) is 0 Å². The van der Waals surface area contributed by atoms with Gasteiger partial charge in [-0.2, -0.15) is 0 Å². The molecule has 0 fully saturated rings. The first-order chi connectivity index (χ1) is 13.9. The summed E-state index contributed by atoms with van der Waals surface area (Å²) in [5, 5.41) is 11.0. The van der Waals surface area contributed by atoms with Gasteiger partial charge in [-0.1, -0.05) is 24.3 Å². The molecule has 9 nitrogen and oxygen atoms in total. The molecular weight excluding hydrogens is 635 g/mol. The third kappa shape index (κ3) is 21.6. The van der Waals surface area contributed by atoms with Gasteiger partial charge in [0.25, 0.3) is 0 Å². The van der Waals surface area contributed by atoms with Gasteiger partial charge in [-0.25, -0.2) is 0 Å². The normalized spacial score (nSPS) is 9.16. The second kappa shape index (κ2) is 25.0. The van der Waals surface area contributed by atoms with E-state index in [0.29, 0.717) is 37.2 Å². The van der Waals surface area contributed by atoms with Crippen molar-refractivity contribution in [2.24, 2.45) is 0 Å². The quantitative estimate of drug-likeness (QED) is 0.105. The van der Waals surface area contributed by atoms with Gasteiger partial charge in [0.1, 0.15) is 11.6 Å². The molecule has 158 valence electrons. The summed E-state index contributed by atoms with van der Waals surface area (Å²) in [7, 11) is 0. The number of nitrogens with zero attached hydrogens (tertiary/aromatic N) is 3. The van der Waals surface area contributed by atoms with E-state index in [0.717, 1.165) is 0 Å². The molecule has 12 heteroatoms. The van der Waals surface area contributed by atoms with Crippen molar-refractivity contribution in [3.8, 4) is 0 Å². The van der Waals surface area contributed by atoms with Gasteiger partial charge in [-0.05, 0) is 18.9 Å². The molecule has 0 spiro atoms. The third-order valence-corrected chi connectivity index (χ3v) is 3.51. The Kier molecular flexibility index (Phi) is 30.4. The Hall–Kier alpha value is 2.35. The first-order valence-electron chi connectivity index (χ1n) is 9.13. The van der Waals surface area contributed by atoms with Crippen molar-refractivity contribution in [2.45, 2.75) is 32.6 Å². The smallest absolute Gasteiger partial charge is 0.656 e. The van der Waals surface area contributed by atoms with Crippen LogP contribution in [0.4, 0.5) is 5.69 Å². The van der Waals surface area contributed by atoms with E-state index in [-0.39, 0.29) is 212 Å². The summed E-state index contributed by atoms with van der Waals surface area (Å²) < 4.78 is 5.22. The van der Waals surface area contributed by atoms with Crippen molar-refractivity contribution in [2.75, 3.05) is 26.3 Å². The molecule has 0 aliphatic rings. The fourth-order valence-electron chi connectivity index (χ4n) is 2.27. The minimum Gasteiger partial charge on any atom is -0.656 e. The summed E-state index contributed by atoms with van der Waals surface area (Å²) in [6.07, 6.45) is 0.698. The molecule has 1 aromatic rings. The molecule has 0 aliphatic heterocycles. The maximum Gasteiger partial charge on any atom is 1.00 e. The van der Waals surface area contributed by atoms with Crippen molar-refractivity contribution in [3.05, 3.63) is 45.8 Å². The Morgan fingerprint density at radius 3 is 2.16 bits per heavy atom. The van der Waals surface area contributed by atoms with Crippen LogP contribution in [0.25, 0.3) is 16.0 Å². The molecule has 1 rings (SSSR count). The van der Waals surface area contributed by atoms with E-state index in [2.05, 4.69) is 16.0 Å². The van der Waals surface area contributed by atoms with Crippen LogP contribution < -0.4 is 175 Å². The SMILES string of the molecule is CC(=O)CC(=O)Cc1ccc([N-]C(=O)CC(=O)[N-]CCOCCC[N-]C=O)cc1.[Rb+].[Rb+].[Rb+]. The van der Waals surface area contributed by atoms with Gasteiger partial charge in [0.15, 0.2) is 0 Å². The van der Waals surface area contributed by atoms with Crippen molar-refractivity contribution >= 4 is 35.5 Å². The monoisotopic (exact) mass is 657 g/mol. The Morgan fingerprint density at radius 2 is 1.56 bits per heavy atom. The minimum atomic E-state index is -0.615. The van der Waals surface area contributed by atoms with Gasteiger partial charge in [0.05, 0.1) is 18.2 Å². The Morgan fingerprint density at radius 1 is 0.906 bits per heavy atom. The van der Waals surface area contributed by atoms with Gasteiger partial charge >= 0.3 is 175 Å². The summed E-state index contributed by atoms with van der Waals surface area (Å²) in [5.74, 6) is -1.55. The molecule has 3 amide bonds. The number of amides is 3. The zero-order valence-corrected chi connectivity index (χ0v) is 34.1. The van der Waals surface area contributed by atoms with Crippen LogP contribution in [0.15, 0.2) is 24.3 Å². The summed E-state index contributed by atoms with van der Waals surface area (Å²) >= 11 is 0. The van der Waals surface area contributed by atoms with Crippen molar-refractivity contribution in [3.63, 3.8) is 0 Å². The number of ether oxygens (including phenoxy) is 1. The third-order valence-electron chi connectivity index (χ3n) is 3.51. The fraction of sp³-hybridized carbons (Fsp3) is 0.450. The van der Waals surface area contributed by atoms with Gasteiger partial charge < -0.3 is 35.1 Å². The Labute approximate surface area is 335 Å². The second-order valence-corrected chi connectivity index (χ2v) is 6.20. The average molecular weight is 659 g/mol. The molecule has 0 bridgehead atoms. The topological polar surface area (TPSA) is 137 Å². The number of carbonyl (C=O) groups excluding carboxylic acids is 5. The number of ketones is 2. The van der Waals surface area contributed by atoms with Crippen LogP contribution in [0.2, 0.25) is 0 Å². The van der Waals surface area contributed by atoms with E-state index in [1.165, 1.54) is 6.92 Å². The summed E-state index contributed by atoms with van der Waals surface area (Å²) in [4.78, 5) is 56.0. The van der Waals surface area contributed by atoms with E-state index < -0.39 is 18.2 Å². The van der Waals surface area contributed by atoms with E-state index >= 15 is 0 Å². The zero-order chi connectivity index (χ0) is 21.5. The van der Waals surface area contributed by atoms with Crippen LogP contribution in [0.1, 0.15) is 31.7 Å². The summed E-state index contributed by atoms with van der Waals surface area (Å²) in [5.41, 5.74) is 1.09. The number of benzene rings is 1. The maximum absolute atomic E-state index is 11.8. The molecule has 0 aliphatic carbocycles. The van der Waals surface area contributed by atoms with E-state index in [9.17, 15) is 24.0 Å². The average Bonchev–Trinajstić information content (AvgIpc) is 2.64. The van der Waals surface area contributed by atoms with Crippen LogP contribution >= 0.6 is 0 Å². The molecule has 0 N–H and O–H groups in total. The molecule has 0 aromatic heterocycles. The predicted molar refractivity (Wildman–Crippen MR) is 106 cm³/mol. The molecule has 1 aromatic carbocycles. The number of rotatable bonds is 15. The number of carbonyl (C=O) groups is 5. The first-order valence-corrected chi connectivity index (χ1v) is 9.13. The number of hydrogen-bond acceptors (Lipinski definition) is 6. The minimum absolute atomic E-state index is 0. The van der Waals surface area contributed by atoms with Gasteiger partial charge in [0.2, 0.25) is 0 Å². The van der Waals surface area contributed by atoms with Gasteiger partial charge in [-0.15, -0.1) is 18.8 Å². The standard InChI is InChI=1S/C20H27N3O6.3Rb/c1-15(25)11-18(26)12-16-3-5-17(6-4-16)23-20(28)13-19(27)22-8-10-29-9-2-7-21-14-24;;;/h3-6,14H,2,7-13H2,1H3,(H3,21,22,23,24,27,28);;;/q;3*+1/p-3. The van der Waals surface area contributed by atoms with Crippen molar-refractivity contribution < 1.29 is 203 Å². The largest absolute Gasteiger partial charge is 1.00 e. The summed E-state index contributed by atoms with van der Waals surface area (Å²) in [6.45, 7) is 2.54. The molecule has 0 saturated heterocycles. The Balaban J connectivity index is -0.00000280. The fourth-order valence-corrected chi connectivity index (χ4v) is 2.27. The number of Topliss-reactive ketones (excluding diaryl/α,β-unsaturated/α-hetero) is 2. The maximum atomic E-state index is 11.8. The molecular formula is C20H24N3O6Rb3. The first kappa shape index (κ1) is 38.9. The predicted octanol–water partition coefficient (Wildman–Crippen LogP) is -6.45. The summed E-state index contributed by atoms with van der Waals surface area (Å²) in [6, 6.07) is 6.44. The van der Waals surface area contributed by atoms with Crippen LogP contribution in [0, 0.1) is 0 Å². The molecule has 32 heavy (non-hydrogen) atoms. The Bertz CT molecular complexity index is 717. The molecule has 0 atom stereocenters. The van der Waals surface area contributed by atoms with Gasteiger partial charge in [-0.3, -0.25) is 9.59 Å². The zero-order valence-electron chi connectivity index (χ0n) is 19.3. The number of hydrogen-bond donors (Lipinski definition) is 0. The molecule has 0 saturated carbocycles. The van der Waals surface area contributed by atoms with Gasteiger partial charge in [0, 0.05) is 32.5 Å². The van der Waals surface area contributed by atoms with E-state index in [1.807, 2.05) is 0 Å². The molecule has 0 heterocycles. The molecule has 0 radical (unpaired) electrons.